The third-order valence-corrected chi connectivity index (χ3v) is 5.60. The number of hydrogen-bond acceptors (Lipinski definition) is 4. The summed E-state index contributed by atoms with van der Waals surface area (Å²) >= 11 is 0. The molecule has 0 radical (unpaired) electrons. The van der Waals surface area contributed by atoms with E-state index in [1.807, 2.05) is 32.9 Å². The van der Waals surface area contributed by atoms with Gasteiger partial charge in [-0.05, 0) is 61.8 Å². The molecule has 0 bridgehead atoms. The first-order valence-corrected chi connectivity index (χ1v) is 10.9. The van der Waals surface area contributed by atoms with Crippen molar-refractivity contribution in [2.45, 2.75) is 39.7 Å². The third-order valence-electron chi connectivity index (χ3n) is 5.60. The molecule has 166 valence electrons. The molecule has 1 saturated heterocycles. The summed E-state index contributed by atoms with van der Waals surface area (Å²) in [4.78, 5) is 27.5. The molecule has 0 unspecified atom stereocenters. The van der Waals surface area contributed by atoms with Crippen LogP contribution in [0.1, 0.15) is 55.6 Å². The number of nitrogens with zero attached hydrogens (tertiary/aromatic N) is 1. The molecule has 1 aliphatic rings. The van der Waals surface area contributed by atoms with Gasteiger partial charge in [-0.1, -0.05) is 39.0 Å². The van der Waals surface area contributed by atoms with E-state index in [4.69, 9.17) is 4.74 Å². The lowest BCUT2D eigenvalue weighted by molar-refractivity contribution is -0.123. The Labute approximate surface area is 185 Å². The number of benzene rings is 2. The topological polar surface area (TPSA) is 70.7 Å². The Bertz CT molecular complexity index is 897. The minimum atomic E-state index is -0.500. The highest BCUT2D eigenvalue weighted by Crippen LogP contribution is 2.26. The van der Waals surface area contributed by atoms with Crippen molar-refractivity contribution in [3.63, 3.8) is 0 Å². The molecule has 2 aromatic rings. The van der Waals surface area contributed by atoms with Crippen LogP contribution in [0.5, 0.6) is 5.75 Å². The van der Waals surface area contributed by atoms with Crippen molar-refractivity contribution >= 4 is 17.5 Å². The number of methoxy groups -OCH3 is 1. The molecule has 1 heterocycles. The normalized spacial score (nSPS) is 15.4. The van der Waals surface area contributed by atoms with Crippen LogP contribution in [0, 0.1) is 5.41 Å². The molecular formula is C25H33N3O3. The van der Waals surface area contributed by atoms with Gasteiger partial charge in [-0.2, -0.15) is 0 Å². The predicted molar refractivity (Wildman–Crippen MR) is 123 cm³/mol. The summed E-state index contributed by atoms with van der Waals surface area (Å²) in [6, 6.07) is 15.2. The monoisotopic (exact) mass is 423 g/mol. The van der Waals surface area contributed by atoms with Crippen molar-refractivity contribution in [3.8, 4) is 5.75 Å². The smallest absolute Gasteiger partial charge is 0.251 e. The highest BCUT2D eigenvalue weighted by molar-refractivity contribution is 5.98. The van der Waals surface area contributed by atoms with E-state index in [0.29, 0.717) is 17.8 Å². The number of carbonyl (C=O) groups is 2. The molecule has 0 aromatic heterocycles. The van der Waals surface area contributed by atoms with Crippen LogP contribution in [0.15, 0.2) is 48.5 Å². The lowest BCUT2D eigenvalue weighted by Crippen LogP contribution is -2.36. The Morgan fingerprint density at radius 3 is 2.35 bits per heavy atom. The Hall–Kier alpha value is -2.86. The van der Waals surface area contributed by atoms with E-state index in [2.05, 4.69) is 27.7 Å². The van der Waals surface area contributed by atoms with Gasteiger partial charge in [0.2, 0.25) is 5.91 Å². The van der Waals surface area contributed by atoms with Crippen LogP contribution in [-0.2, 0) is 4.79 Å². The number of carbonyl (C=O) groups excluding carboxylic acids is 2. The molecule has 2 amide bonds. The van der Waals surface area contributed by atoms with Gasteiger partial charge < -0.3 is 15.4 Å². The van der Waals surface area contributed by atoms with Gasteiger partial charge in [0.15, 0.2) is 0 Å². The molecule has 6 nitrogen and oxygen atoms in total. The van der Waals surface area contributed by atoms with Crippen LogP contribution >= 0.6 is 0 Å². The second-order valence-electron chi connectivity index (χ2n) is 9.03. The average molecular weight is 424 g/mol. The maximum absolute atomic E-state index is 12.9. The highest BCUT2D eigenvalue weighted by Gasteiger charge is 2.25. The zero-order chi connectivity index (χ0) is 22.4. The number of rotatable bonds is 7. The first-order valence-electron chi connectivity index (χ1n) is 10.9. The van der Waals surface area contributed by atoms with Gasteiger partial charge in [-0.15, -0.1) is 0 Å². The first kappa shape index (κ1) is 22.8. The van der Waals surface area contributed by atoms with Crippen LogP contribution in [0.4, 0.5) is 5.69 Å². The molecule has 0 aliphatic carbocycles. The molecule has 1 atom stereocenters. The van der Waals surface area contributed by atoms with E-state index < -0.39 is 5.41 Å². The lowest BCUT2D eigenvalue weighted by Gasteiger charge is -2.28. The van der Waals surface area contributed by atoms with E-state index >= 15 is 0 Å². The summed E-state index contributed by atoms with van der Waals surface area (Å²) in [5.74, 6) is 0.588. The molecule has 0 spiro atoms. The fourth-order valence-corrected chi connectivity index (χ4v) is 3.69. The summed E-state index contributed by atoms with van der Waals surface area (Å²) in [6.45, 7) is 8.15. The van der Waals surface area contributed by atoms with Gasteiger partial charge in [-0.25, -0.2) is 0 Å². The molecule has 2 N–H and O–H groups in total. The minimum absolute atomic E-state index is 0.0846. The van der Waals surface area contributed by atoms with Gasteiger partial charge >= 0.3 is 0 Å². The third kappa shape index (κ3) is 6.07. The summed E-state index contributed by atoms with van der Waals surface area (Å²) in [5, 5.41) is 5.97. The first-order chi connectivity index (χ1) is 14.8. The second kappa shape index (κ2) is 9.96. The number of likely N-dealkylation sites (tertiary alicyclic amines) is 1. The zero-order valence-electron chi connectivity index (χ0n) is 18.9. The van der Waals surface area contributed by atoms with Crippen molar-refractivity contribution in [3.05, 3.63) is 59.7 Å². The van der Waals surface area contributed by atoms with Crippen molar-refractivity contribution in [1.82, 2.24) is 10.2 Å². The van der Waals surface area contributed by atoms with Crippen LogP contribution in [0.25, 0.3) is 0 Å². The molecule has 0 saturated carbocycles. The maximum atomic E-state index is 12.9. The zero-order valence-corrected chi connectivity index (χ0v) is 18.9. The average Bonchev–Trinajstić information content (AvgIpc) is 3.28. The molecule has 1 aliphatic heterocycles. The second-order valence-corrected chi connectivity index (χ2v) is 9.03. The van der Waals surface area contributed by atoms with Crippen LogP contribution in [0.2, 0.25) is 0 Å². The molecule has 3 rings (SSSR count). The SMILES string of the molecule is COc1ccc([C@H](CNC(=O)c2cccc(NC(=O)C(C)(C)C)c2)N2CCCC2)cc1. The standard InChI is InChI=1S/C25H33N3O3/c1-25(2,3)24(30)27-20-9-7-8-19(16-20)23(29)26-17-22(28-14-5-6-15-28)18-10-12-21(31-4)13-11-18/h7-13,16,22H,5-6,14-15,17H2,1-4H3,(H,26,29)(H,27,30)/t22-/m0/s1. The fraction of sp³-hybridized carbons (Fsp3) is 0.440. The summed E-state index contributed by atoms with van der Waals surface area (Å²) in [7, 11) is 1.66. The Kier molecular flexibility index (Phi) is 7.33. The van der Waals surface area contributed by atoms with Crippen molar-refractivity contribution < 1.29 is 14.3 Å². The quantitative estimate of drug-likeness (QED) is 0.699. The highest BCUT2D eigenvalue weighted by atomic mass is 16.5. The maximum Gasteiger partial charge on any atom is 0.251 e. The predicted octanol–water partition coefficient (Wildman–Crippen LogP) is 4.25. The number of nitrogens with one attached hydrogen (secondary N) is 2. The van der Waals surface area contributed by atoms with Gasteiger partial charge in [0.1, 0.15) is 5.75 Å². The summed E-state index contributed by atoms with van der Waals surface area (Å²) in [5.41, 5.74) is 1.81. The number of hydrogen-bond donors (Lipinski definition) is 2. The Morgan fingerprint density at radius 1 is 1.06 bits per heavy atom. The van der Waals surface area contributed by atoms with Crippen LogP contribution in [-0.4, -0.2) is 43.5 Å². The summed E-state index contributed by atoms with van der Waals surface area (Å²) < 4.78 is 5.28. The van der Waals surface area contributed by atoms with E-state index in [1.165, 1.54) is 12.8 Å². The van der Waals surface area contributed by atoms with Gasteiger partial charge in [0.05, 0.1) is 13.2 Å². The lowest BCUT2D eigenvalue weighted by atomic mass is 9.95. The van der Waals surface area contributed by atoms with Gasteiger partial charge in [-0.3, -0.25) is 14.5 Å². The Balaban J connectivity index is 1.69. The van der Waals surface area contributed by atoms with E-state index in [1.54, 1.807) is 31.4 Å². The van der Waals surface area contributed by atoms with Gasteiger partial charge in [0, 0.05) is 23.2 Å². The number of anilines is 1. The van der Waals surface area contributed by atoms with Crippen molar-refractivity contribution in [2.75, 3.05) is 32.1 Å². The largest absolute Gasteiger partial charge is 0.497 e. The summed E-state index contributed by atoms with van der Waals surface area (Å²) in [6.07, 6.45) is 2.35. The molecular weight excluding hydrogens is 390 g/mol. The molecule has 31 heavy (non-hydrogen) atoms. The Morgan fingerprint density at radius 2 is 1.74 bits per heavy atom. The molecule has 2 aromatic carbocycles. The van der Waals surface area contributed by atoms with E-state index in [0.717, 1.165) is 24.4 Å². The fourth-order valence-electron chi connectivity index (χ4n) is 3.69. The van der Waals surface area contributed by atoms with Crippen LogP contribution in [0.3, 0.4) is 0 Å². The minimum Gasteiger partial charge on any atom is -0.497 e. The van der Waals surface area contributed by atoms with Crippen molar-refractivity contribution in [1.29, 1.82) is 0 Å². The number of amides is 2. The van der Waals surface area contributed by atoms with Crippen LogP contribution < -0.4 is 15.4 Å². The van der Waals surface area contributed by atoms with E-state index in [9.17, 15) is 9.59 Å². The molecule has 6 heteroatoms. The number of ether oxygens (including phenoxy) is 1. The van der Waals surface area contributed by atoms with Crippen molar-refractivity contribution in [2.24, 2.45) is 5.41 Å². The molecule has 1 fully saturated rings. The van der Waals surface area contributed by atoms with E-state index in [-0.39, 0.29) is 17.9 Å². The van der Waals surface area contributed by atoms with Gasteiger partial charge in [0.25, 0.3) is 5.91 Å².